The Labute approximate surface area is 121 Å². The second kappa shape index (κ2) is 5.85. The molecule has 1 aromatic carbocycles. The number of hydrogen-bond donors (Lipinski definition) is 0. The van der Waals surface area contributed by atoms with E-state index in [1.165, 1.54) is 42.5 Å². The molecule has 0 bridgehead atoms. The van der Waals surface area contributed by atoms with Crippen LogP contribution in [0.2, 0.25) is 0 Å². The SMILES string of the molecule is CN1CCc2cc(C(C#N)N3CCCCCC3)ccc21. The van der Waals surface area contributed by atoms with Gasteiger partial charge in [-0.15, -0.1) is 0 Å². The summed E-state index contributed by atoms with van der Waals surface area (Å²) in [6.45, 7) is 3.23. The molecule has 0 N–H and O–H groups in total. The van der Waals surface area contributed by atoms with Crippen LogP contribution in [0.3, 0.4) is 0 Å². The first kappa shape index (κ1) is 13.5. The maximum absolute atomic E-state index is 9.62. The number of anilines is 1. The highest BCUT2D eigenvalue weighted by molar-refractivity contribution is 5.59. The highest BCUT2D eigenvalue weighted by Crippen LogP contribution is 2.31. The van der Waals surface area contributed by atoms with Gasteiger partial charge in [0, 0.05) is 19.3 Å². The minimum Gasteiger partial charge on any atom is -0.374 e. The molecule has 0 spiro atoms. The van der Waals surface area contributed by atoms with Gasteiger partial charge in [-0.05, 0) is 49.5 Å². The van der Waals surface area contributed by atoms with Crippen LogP contribution in [-0.2, 0) is 6.42 Å². The van der Waals surface area contributed by atoms with Crippen molar-refractivity contribution in [3.05, 3.63) is 29.3 Å². The summed E-state index contributed by atoms with van der Waals surface area (Å²) in [6, 6.07) is 9.07. The topological polar surface area (TPSA) is 30.3 Å². The summed E-state index contributed by atoms with van der Waals surface area (Å²) < 4.78 is 0. The van der Waals surface area contributed by atoms with Crippen LogP contribution in [0.15, 0.2) is 18.2 Å². The lowest BCUT2D eigenvalue weighted by atomic mass is 10.0. The van der Waals surface area contributed by atoms with E-state index in [4.69, 9.17) is 0 Å². The number of fused-ring (bicyclic) bond motifs is 1. The van der Waals surface area contributed by atoms with Gasteiger partial charge in [0.2, 0.25) is 0 Å². The molecule has 20 heavy (non-hydrogen) atoms. The zero-order valence-electron chi connectivity index (χ0n) is 12.3. The minimum absolute atomic E-state index is 0.0655. The van der Waals surface area contributed by atoms with Gasteiger partial charge in [-0.2, -0.15) is 5.26 Å². The minimum atomic E-state index is -0.0655. The maximum atomic E-state index is 9.62. The van der Waals surface area contributed by atoms with Gasteiger partial charge in [-0.25, -0.2) is 0 Å². The summed E-state index contributed by atoms with van der Waals surface area (Å²) in [6.07, 6.45) is 6.18. The van der Waals surface area contributed by atoms with E-state index in [0.717, 1.165) is 26.1 Å². The molecule has 106 valence electrons. The van der Waals surface area contributed by atoms with E-state index in [0.29, 0.717) is 0 Å². The van der Waals surface area contributed by atoms with Crippen molar-refractivity contribution in [2.45, 2.75) is 38.1 Å². The quantitative estimate of drug-likeness (QED) is 0.826. The Bertz CT molecular complexity index is 509. The molecule has 3 heteroatoms. The molecule has 0 amide bonds. The zero-order chi connectivity index (χ0) is 13.9. The molecular formula is C17H23N3. The van der Waals surface area contributed by atoms with E-state index in [1.807, 2.05) is 0 Å². The summed E-state index contributed by atoms with van der Waals surface area (Å²) in [5.41, 5.74) is 3.92. The number of nitriles is 1. The Kier molecular flexibility index (Phi) is 3.93. The van der Waals surface area contributed by atoms with Gasteiger partial charge in [0.1, 0.15) is 6.04 Å². The molecule has 2 aliphatic rings. The highest BCUT2D eigenvalue weighted by Gasteiger charge is 2.23. The molecular weight excluding hydrogens is 246 g/mol. The summed E-state index contributed by atoms with van der Waals surface area (Å²) in [5.74, 6) is 0. The summed E-state index contributed by atoms with van der Waals surface area (Å²) >= 11 is 0. The molecule has 0 radical (unpaired) electrons. The van der Waals surface area contributed by atoms with Gasteiger partial charge in [0.05, 0.1) is 6.07 Å². The number of likely N-dealkylation sites (tertiary alicyclic amines) is 1. The second-order valence-corrected chi connectivity index (χ2v) is 6.04. The van der Waals surface area contributed by atoms with Gasteiger partial charge in [-0.1, -0.05) is 25.0 Å². The predicted octanol–water partition coefficient (Wildman–Crippen LogP) is 3.12. The molecule has 1 atom stereocenters. The van der Waals surface area contributed by atoms with Crippen LogP contribution in [0.4, 0.5) is 5.69 Å². The van der Waals surface area contributed by atoms with Gasteiger partial charge in [0.15, 0.2) is 0 Å². The van der Waals surface area contributed by atoms with Crippen molar-refractivity contribution in [1.82, 2.24) is 4.90 Å². The van der Waals surface area contributed by atoms with Crippen LogP contribution >= 0.6 is 0 Å². The molecule has 3 nitrogen and oxygen atoms in total. The predicted molar refractivity (Wildman–Crippen MR) is 81.8 cm³/mol. The Hall–Kier alpha value is -1.53. The van der Waals surface area contributed by atoms with Gasteiger partial charge in [0.25, 0.3) is 0 Å². The third kappa shape index (κ3) is 2.53. The average Bonchev–Trinajstić information content (AvgIpc) is 2.68. The van der Waals surface area contributed by atoms with Crippen LogP contribution in [0.25, 0.3) is 0 Å². The summed E-state index contributed by atoms with van der Waals surface area (Å²) in [4.78, 5) is 4.67. The van der Waals surface area contributed by atoms with E-state index in [9.17, 15) is 5.26 Å². The van der Waals surface area contributed by atoms with E-state index < -0.39 is 0 Å². The van der Waals surface area contributed by atoms with Crippen LogP contribution in [0.5, 0.6) is 0 Å². The number of nitrogens with zero attached hydrogens (tertiary/aromatic N) is 3. The van der Waals surface area contributed by atoms with Crippen molar-refractivity contribution in [2.24, 2.45) is 0 Å². The van der Waals surface area contributed by atoms with Crippen molar-refractivity contribution in [2.75, 3.05) is 31.6 Å². The fraction of sp³-hybridized carbons (Fsp3) is 0.588. The molecule has 1 aromatic rings. The van der Waals surface area contributed by atoms with Crippen LogP contribution in [0.1, 0.15) is 42.9 Å². The van der Waals surface area contributed by atoms with E-state index in [-0.39, 0.29) is 6.04 Å². The summed E-state index contributed by atoms with van der Waals surface area (Å²) in [5, 5.41) is 9.62. The standard InChI is InChI=1S/C17H23N3/c1-19-11-8-15-12-14(6-7-16(15)19)17(13-18)20-9-4-2-3-5-10-20/h6-7,12,17H,2-5,8-11H2,1H3. The Balaban J connectivity index is 1.84. The number of hydrogen-bond acceptors (Lipinski definition) is 3. The van der Waals surface area contributed by atoms with Crippen LogP contribution in [0, 0.1) is 11.3 Å². The third-order valence-electron chi connectivity index (χ3n) is 4.68. The molecule has 1 fully saturated rings. The Morgan fingerprint density at radius 1 is 1.10 bits per heavy atom. The van der Waals surface area contributed by atoms with Crippen molar-refractivity contribution in [1.29, 1.82) is 5.26 Å². The van der Waals surface area contributed by atoms with E-state index in [2.05, 4.69) is 41.1 Å². The lowest BCUT2D eigenvalue weighted by Crippen LogP contribution is -2.29. The lowest BCUT2D eigenvalue weighted by Gasteiger charge is -2.26. The Morgan fingerprint density at radius 2 is 1.85 bits per heavy atom. The third-order valence-corrected chi connectivity index (χ3v) is 4.68. The number of rotatable bonds is 2. The average molecular weight is 269 g/mol. The monoisotopic (exact) mass is 269 g/mol. The van der Waals surface area contributed by atoms with Gasteiger partial charge < -0.3 is 4.90 Å². The summed E-state index contributed by atoms with van der Waals surface area (Å²) in [7, 11) is 2.14. The van der Waals surface area contributed by atoms with Crippen molar-refractivity contribution in [3.63, 3.8) is 0 Å². The highest BCUT2D eigenvalue weighted by atomic mass is 15.2. The molecule has 0 saturated carbocycles. The molecule has 0 aromatic heterocycles. The molecule has 3 rings (SSSR count). The van der Waals surface area contributed by atoms with Gasteiger partial charge >= 0.3 is 0 Å². The number of likely N-dealkylation sites (N-methyl/N-ethyl adjacent to an activating group) is 1. The largest absolute Gasteiger partial charge is 0.374 e. The fourth-order valence-corrected chi connectivity index (χ4v) is 3.48. The van der Waals surface area contributed by atoms with Crippen molar-refractivity contribution >= 4 is 5.69 Å². The molecule has 2 heterocycles. The first-order valence-electron chi connectivity index (χ1n) is 7.77. The number of benzene rings is 1. The van der Waals surface area contributed by atoms with E-state index >= 15 is 0 Å². The maximum Gasteiger partial charge on any atom is 0.123 e. The molecule has 1 unspecified atom stereocenters. The van der Waals surface area contributed by atoms with Crippen LogP contribution < -0.4 is 4.90 Å². The van der Waals surface area contributed by atoms with Crippen LogP contribution in [-0.4, -0.2) is 31.6 Å². The first-order chi connectivity index (χ1) is 9.79. The molecule has 1 saturated heterocycles. The second-order valence-electron chi connectivity index (χ2n) is 6.04. The van der Waals surface area contributed by atoms with E-state index in [1.54, 1.807) is 0 Å². The van der Waals surface area contributed by atoms with Gasteiger partial charge in [-0.3, -0.25) is 4.90 Å². The first-order valence-corrected chi connectivity index (χ1v) is 7.77. The van der Waals surface area contributed by atoms with Crippen molar-refractivity contribution < 1.29 is 0 Å². The molecule has 0 aliphatic carbocycles. The van der Waals surface area contributed by atoms with Crippen molar-refractivity contribution in [3.8, 4) is 6.07 Å². The Morgan fingerprint density at radius 3 is 2.55 bits per heavy atom. The zero-order valence-corrected chi connectivity index (χ0v) is 12.3. The fourth-order valence-electron chi connectivity index (χ4n) is 3.48. The lowest BCUT2D eigenvalue weighted by molar-refractivity contribution is 0.246. The normalized spacial score (nSPS) is 21.1. The molecule has 2 aliphatic heterocycles. The smallest absolute Gasteiger partial charge is 0.123 e.